The predicted molar refractivity (Wildman–Crippen MR) is 115 cm³/mol. The summed E-state index contributed by atoms with van der Waals surface area (Å²) in [7, 11) is 3.05. The van der Waals surface area contributed by atoms with Gasteiger partial charge in [0.15, 0.2) is 11.5 Å². The van der Waals surface area contributed by atoms with Gasteiger partial charge in [-0.15, -0.1) is 0 Å². The Morgan fingerprint density at radius 3 is 2.28 bits per heavy atom. The van der Waals surface area contributed by atoms with Gasteiger partial charge in [-0.25, -0.2) is 0 Å². The topological polar surface area (TPSA) is 76.7 Å². The van der Waals surface area contributed by atoms with Gasteiger partial charge in [0.25, 0.3) is 5.91 Å². The van der Waals surface area contributed by atoms with E-state index >= 15 is 0 Å². The van der Waals surface area contributed by atoms with Crippen molar-refractivity contribution in [2.45, 2.75) is 26.3 Å². The summed E-state index contributed by atoms with van der Waals surface area (Å²) in [5.41, 5.74) is 0.781. The van der Waals surface area contributed by atoms with Crippen molar-refractivity contribution in [2.75, 3.05) is 19.5 Å². The number of anilines is 1. The Balaban J connectivity index is 2.18. The summed E-state index contributed by atoms with van der Waals surface area (Å²) in [6, 6.07) is 8.88. The van der Waals surface area contributed by atoms with Gasteiger partial charge in [0, 0.05) is 16.8 Å². The van der Waals surface area contributed by atoms with Gasteiger partial charge in [-0.2, -0.15) is 0 Å². The molecule has 0 bridgehead atoms. The Kier molecular flexibility index (Phi) is 8.17. The molecule has 156 valence electrons. The first-order valence-corrected chi connectivity index (χ1v) is 9.79. The van der Waals surface area contributed by atoms with E-state index in [1.165, 1.54) is 26.4 Å². The Hall–Kier alpha value is -2.44. The van der Waals surface area contributed by atoms with Crippen LogP contribution in [0.3, 0.4) is 0 Å². The lowest BCUT2D eigenvalue weighted by atomic mass is 10.0. The van der Waals surface area contributed by atoms with Crippen molar-refractivity contribution in [3.05, 3.63) is 52.0 Å². The molecule has 0 radical (unpaired) electrons. The molecule has 2 rings (SSSR count). The summed E-state index contributed by atoms with van der Waals surface area (Å²) in [5.74, 6) is 0.430. The summed E-state index contributed by atoms with van der Waals surface area (Å²) >= 11 is 12.0. The fraction of sp³-hybridized carbons (Fsp3) is 0.333. The van der Waals surface area contributed by atoms with Crippen molar-refractivity contribution in [3.8, 4) is 11.5 Å². The quantitative estimate of drug-likeness (QED) is 0.620. The second-order valence-corrected chi connectivity index (χ2v) is 7.68. The molecular formula is C21H24Cl2N2O4. The van der Waals surface area contributed by atoms with E-state index in [9.17, 15) is 9.59 Å². The summed E-state index contributed by atoms with van der Waals surface area (Å²) in [6.07, 6.45) is 0.454. The van der Waals surface area contributed by atoms with Crippen LogP contribution >= 0.6 is 23.2 Å². The highest BCUT2D eigenvalue weighted by molar-refractivity contribution is 6.36. The van der Waals surface area contributed by atoms with Crippen molar-refractivity contribution in [1.82, 2.24) is 5.32 Å². The fourth-order valence-corrected chi connectivity index (χ4v) is 3.25. The Bertz CT molecular complexity index is 887. The Morgan fingerprint density at radius 1 is 1.00 bits per heavy atom. The van der Waals surface area contributed by atoms with Crippen molar-refractivity contribution >= 4 is 40.7 Å². The molecule has 8 heteroatoms. The summed E-state index contributed by atoms with van der Waals surface area (Å²) in [6.45, 7) is 3.94. The van der Waals surface area contributed by atoms with Gasteiger partial charge in [-0.3, -0.25) is 9.59 Å². The Labute approximate surface area is 180 Å². The standard InChI is InChI=1S/C21H24Cl2N2O4/c1-12(2)9-17(25-20(26)15-7-5-13(22)10-16(15)23)21(27)24-14-6-8-18(28-3)19(11-14)29-4/h5-8,10-12,17H,9H2,1-4H3,(H,24,27)(H,25,26). The number of methoxy groups -OCH3 is 2. The summed E-state index contributed by atoms with van der Waals surface area (Å²) in [5, 5.41) is 6.22. The van der Waals surface area contributed by atoms with E-state index in [-0.39, 0.29) is 22.4 Å². The van der Waals surface area contributed by atoms with E-state index < -0.39 is 11.9 Å². The maximum atomic E-state index is 12.9. The number of halogens is 2. The zero-order chi connectivity index (χ0) is 21.6. The number of nitrogens with one attached hydrogen (secondary N) is 2. The zero-order valence-electron chi connectivity index (χ0n) is 16.7. The zero-order valence-corrected chi connectivity index (χ0v) is 18.2. The minimum absolute atomic E-state index is 0.178. The molecule has 0 heterocycles. The van der Waals surface area contributed by atoms with Gasteiger partial charge in [0.2, 0.25) is 5.91 Å². The number of carbonyl (C=O) groups is 2. The van der Waals surface area contributed by atoms with Gasteiger partial charge in [0.05, 0.1) is 24.8 Å². The second kappa shape index (κ2) is 10.4. The largest absolute Gasteiger partial charge is 0.493 e. The SMILES string of the molecule is COc1ccc(NC(=O)C(CC(C)C)NC(=O)c2ccc(Cl)cc2Cl)cc1OC. The van der Waals surface area contributed by atoms with Gasteiger partial charge >= 0.3 is 0 Å². The van der Waals surface area contributed by atoms with Gasteiger partial charge in [0.1, 0.15) is 6.04 Å². The van der Waals surface area contributed by atoms with Gasteiger partial charge in [-0.05, 0) is 42.7 Å². The number of hydrogen-bond donors (Lipinski definition) is 2. The van der Waals surface area contributed by atoms with Crippen molar-refractivity contribution < 1.29 is 19.1 Å². The molecule has 2 amide bonds. The first-order valence-electron chi connectivity index (χ1n) is 9.04. The third kappa shape index (κ3) is 6.27. The molecule has 1 atom stereocenters. The minimum Gasteiger partial charge on any atom is -0.493 e. The first-order chi connectivity index (χ1) is 13.7. The van der Waals surface area contributed by atoms with Gasteiger partial charge in [-0.1, -0.05) is 37.0 Å². The molecule has 29 heavy (non-hydrogen) atoms. The fourth-order valence-electron chi connectivity index (χ4n) is 2.76. The monoisotopic (exact) mass is 438 g/mol. The highest BCUT2D eigenvalue weighted by Crippen LogP contribution is 2.30. The molecule has 0 saturated heterocycles. The number of benzene rings is 2. The van der Waals surface area contributed by atoms with E-state index in [2.05, 4.69) is 10.6 Å². The molecule has 2 N–H and O–H groups in total. The van der Waals surface area contributed by atoms with Crippen LogP contribution in [0.1, 0.15) is 30.6 Å². The van der Waals surface area contributed by atoms with Crippen LogP contribution < -0.4 is 20.1 Å². The molecule has 2 aromatic carbocycles. The normalized spacial score (nSPS) is 11.7. The van der Waals surface area contributed by atoms with Crippen LogP contribution in [0.5, 0.6) is 11.5 Å². The molecule has 0 aliphatic carbocycles. The van der Waals surface area contributed by atoms with Crippen molar-refractivity contribution in [3.63, 3.8) is 0 Å². The van der Waals surface area contributed by atoms with Crippen LogP contribution in [-0.2, 0) is 4.79 Å². The van der Waals surface area contributed by atoms with Gasteiger partial charge < -0.3 is 20.1 Å². The lowest BCUT2D eigenvalue weighted by Crippen LogP contribution is -2.44. The lowest BCUT2D eigenvalue weighted by Gasteiger charge is -2.21. The minimum atomic E-state index is -0.748. The van der Waals surface area contributed by atoms with Crippen LogP contribution in [0.25, 0.3) is 0 Å². The molecule has 1 unspecified atom stereocenters. The highest BCUT2D eigenvalue weighted by Gasteiger charge is 2.24. The molecule has 0 aliphatic rings. The Morgan fingerprint density at radius 2 is 1.69 bits per heavy atom. The second-order valence-electron chi connectivity index (χ2n) is 6.84. The third-order valence-corrected chi connectivity index (χ3v) is 4.70. The third-order valence-electron chi connectivity index (χ3n) is 4.16. The van der Waals surface area contributed by atoms with Crippen LogP contribution in [0.15, 0.2) is 36.4 Å². The van der Waals surface area contributed by atoms with Crippen molar-refractivity contribution in [1.29, 1.82) is 0 Å². The molecule has 0 aliphatic heterocycles. The van der Waals surface area contributed by atoms with Crippen LogP contribution in [0.2, 0.25) is 10.0 Å². The molecule has 6 nitrogen and oxygen atoms in total. The lowest BCUT2D eigenvalue weighted by molar-refractivity contribution is -0.118. The summed E-state index contributed by atoms with van der Waals surface area (Å²) in [4.78, 5) is 25.5. The number of hydrogen-bond acceptors (Lipinski definition) is 4. The molecule has 0 fully saturated rings. The first kappa shape index (κ1) is 22.8. The van der Waals surface area contributed by atoms with Crippen LogP contribution in [0, 0.1) is 5.92 Å². The van der Waals surface area contributed by atoms with Crippen molar-refractivity contribution in [2.24, 2.45) is 5.92 Å². The van der Waals surface area contributed by atoms with Crippen LogP contribution in [-0.4, -0.2) is 32.1 Å². The number of ether oxygens (including phenoxy) is 2. The van der Waals surface area contributed by atoms with Crippen LogP contribution in [0.4, 0.5) is 5.69 Å². The molecular weight excluding hydrogens is 415 g/mol. The smallest absolute Gasteiger partial charge is 0.253 e. The maximum Gasteiger partial charge on any atom is 0.253 e. The molecule has 0 saturated carbocycles. The number of rotatable bonds is 8. The average Bonchev–Trinajstić information content (AvgIpc) is 2.66. The molecule has 2 aromatic rings. The van der Waals surface area contributed by atoms with E-state index in [0.717, 1.165) is 0 Å². The number of carbonyl (C=O) groups excluding carboxylic acids is 2. The van der Waals surface area contributed by atoms with E-state index in [1.807, 2.05) is 13.8 Å². The predicted octanol–water partition coefficient (Wildman–Crippen LogP) is 4.79. The maximum absolute atomic E-state index is 12.9. The average molecular weight is 439 g/mol. The molecule has 0 spiro atoms. The van der Waals surface area contributed by atoms with E-state index in [0.29, 0.717) is 28.6 Å². The highest BCUT2D eigenvalue weighted by atomic mass is 35.5. The number of amides is 2. The summed E-state index contributed by atoms with van der Waals surface area (Å²) < 4.78 is 10.5. The van der Waals surface area contributed by atoms with E-state index in [4.69, 9.17) is 32.7 Å². The molecule has 0 aromatic heterocycles. The van der Waals surface area contributed by atoms with E-state index in [1.54, 1.807) is 24.3 Å².